The fourth-order valence-corrected chi connectivity index (χ4v) is 3.24. The molecule has 0 aliphatic heterocycles. The predicted octanol–water partition coefficient (Wildman–Crippen LogP) is 3.29. The van der Waals surface area contributed by atoms with Crippen LogP contribution in [0.2, 0.25) is 5.02 Å². The van der Waals surface area contributed by atoms with E-state index in [1.807, 2.05) is 0 Å². The Hall–Kier alpha value is -0.780. The summed E-state index contributed by atoms with van der Waals surface area (Å²) < 4.78 is 6.17. The highest BCUT2D eigenvalue weighted by molar-refractivity contribution is 9.10. The van der Waals surface area contributed by atoms with Crippen molar-refractivity contribution in [1.82, 2.24) is 5.32 Å². The molecule has 0 bridgehead atoms. The van der Waals surface area contributed by atoms with Crippen LogP contribution in [0.5, 0.6) is 5.75 Å². The van der Waals surface area contributed by atoms with Crippen LogP contribution in [-0.2, 0) is 4.79 Å². The van der Waals surface area contributed by atoms with E-state index in [2.05, 4.69) is 21.2 Å². The summed E-state index contributed by atoms with van der Waals surface area (Å²) in [5.41, 5.74) is 0. The maximum Gasteiger partial charge on any atom is 0.258 e. The molecule has 2 atom stereocenters. The average Bonchev–Trinajstić information content (AvgIpc) is 2.63. The van der Waals surface area contributed by atoms with Crippen LogP contribution in [0.3, 0.4) is 0 Å². The quantitative estimate of drug-likeness (QED) is 0.793. The molecule has 0 spiro atoms. The third-order valence-corrected chi connectivity index (χ3v) is 4.43. The lowest BCUT2D eigenvalue weighted by atomic mass is 10.1. The molecular weight excluding hydrogens is 358 g/mol. The van der Waals surface area contributed by atoms with Crippen molar-refractivity contribution < 1.29 is 14.6 Å². The highest BCUT2D eigenvalue weighted by Crippen LogP contribution is 2.27. The van der Waals surface area contributed by atoms with Crippen LogP contribution >= 0.6 is 27.5 Å². The summed E-state index contributed by atoms with van der Waals surface area (Å²) in [5, 5.41) is 13.4. The molecular formula is C15H19BrClNO3. The van der Waals surface area contributed by atoms with Gasteiger partial charge in [0.05, 0.1) is 16.6 Å². The van der Waals surface area contributed by atoms with Crippen LogP contribution in [-0.4, -0.2) is 29.8 Å². The lowest BCUT2D eigenvalue weighted by molar-refractivity contribution is -0.124. The van der Waals surface area contributed by atoms with Gasteiger partial charge >= 0.3 is 0 Å². The van der Waals surface area contributed by atoms with E-state index in [4.69, 9.17) is 16.3 Å². The minimum absolute atomic E-state index is 0.0799. The maximum atomic E-state index is 11.9. The number of aliphatic hydroxyl groups is 1. The number of halogens is 2. The fraction of sp³-hybridized carbons (Fsp3) is 0.533. The lowest BCUT2D eigenvalue weighted by Crippen LogP contribution is -2.44. The monoisotopic (exact) mass is 375 g/mol. The van der Waals surface area contributed by atoms with E-state index in [-0.39, 0.29) is 18.6 Å². The van der Waals surface area contributed by atoms with E-state index in [9.17, 15) is 9.90 Å². The first-order valence-electron chi connectivity index (χ1n) is 7.11. The van der Waals surface area contributed by atoms with Crippen molar-refractivity contribution in [3.63, 3.8) is 0 Å². The van der Waals surface area contributed by atoms with Gasteiger partial charge in [-0.1, -0.05) is 30.9 Å². The molecule has 0 aromatic heterocycles. The van der Waals surface area contributed by atoms with Crippen LogP contribution in [0.1, 0.15) is 32.1 Å². The number of carbonyl (C=O) groups is 1. The second-order valence-electron chi connectivity index (χ2n) is 5.24. The molecule has 4 nitrogen and oxygen atoms in total. The molecule has 2 unspecified atom stereocenters. The van der Waals surface area contributed by atoms with Crippen molar-refractivity contribution in [2.75, 3.05) is 6.61 Å². The molecule has 1 amide bonds. The summed E-state index contributed by atoms with van der Waals surface area (Å²) >= 11 is 9.18. The van der Waals surface area contributed by atoms with Crippen molar-refractivity contribution in [1.29, 1.82) is 0 Å². The minimum Gasteiger partial charge on any atom is -0.483 e. The Morgan fingerprint density at radius 2 is 2.14 bits per heavy atom. The molecule has 1 saturated carbocycles. The molecule has 0 heterocycles. The molecule has 1 aliphatic carbocycles. The number of amides is 1. The van der Waals surface area contributed by atoms with Crippen LogP contribution < -0.4 is 10.1 Å². The first-order chi connectivity index (χ1) is 10.1. The normalized spacial score (nSPS) is 22.4. The Morgan fingerprint density at radius 1 is 1.38 bits per heavy atom. The van der Waals surface area contributed by atoms with Gasteiger partial charge in [0.25, 0.3) is 5.91 Å². The zero-order valence-electron chi connectivity index (χ0n) is 11.6. The van der Waals surface area contributed by atoms with Crippen molar-refractivity contribution in [2.45, 2.75) is 44.2 Å². The second kappa shape index (κ2) is 8.01. The Labute approximate surface area is 138 Å². The zero-order valence-corrected chi connectivity index (χ0v) is 14.0. The third-order valence-electron chi connectivity index (χ3n) is 3.58. The summed E-state index contributed by atoms with van der Waals surface area (Å²) in [5.74, 6) is 0.346. The van der Waals surface area contributed by atoms with Crippen LogP contribution in [0, 0.1) is 0 Å². The number of nitrogens with one attached hydrogen (secondary N) is 1. The van der Waals surface area contributed by atoms with Gasteiger partial charge in [0.1, 0.15) is 5.75 Å². The SMILES string of the molecule is O=C(COc1ccc(Cl)cc1Br)NC1CCCCCC1O. The molecule has 1 fully saturated rings. The number of aliphatic hydroxyl groups excluding tert-OH is 1. The Balaban J connectivity index is 1.84. The Bertz CT molecular complexity index is 498. The predicted molar refractivity (Wildman–Crippen MR) is 85.7 cm³/mol. The van der Waals surface area contributed by atoms with E-state index in [0.717, 1.165) is 32.1 Å². The number of benzene rings is 1. The second-order valence-corrected chi connectivity index (χ2v) is 6.53. The third kappa shape index (κ3) is 5.16. The van der Waals surface area contributed by atoms with E-state index < -0.39 is 6.10 Å². The minimum atomic E-state index is -0.460. The highest BCUT2D eigenvalue weighted by atomic mass is 79.9. The van der Waals surface area contributed by atoms with Gasteiger partial charge in [0, 0.05) is 5.02 Å². The van der Waals surface area contributed by atoms with Gasteiger partial charge in [-0.25, -0.2) is 0 Å². The molecule has 1 aromatic rings. The molecule has 0 radical (unpaired) electrons. The standard InChI is InChI=1S/C15H19BrClNO3/c16-11-8-10(17)6-7-14(11)21-9-15(20)18-12-4-2-1-3-5-13(12)19/h6-8,12-13,19H,1-5,9H2,(H,18,20). The number of hydrogen-bond acceptors (Lipinski definition) is 3. The summed E-state index contributed by atoms with van der Waals surface area (Å²) in [4.78, 5) is 11.9. The fourth-order valence-electron chi connectivity index (χ4n) is 2.44. The number of hydrogen-bond donors (Lipinski definition) is 2. The van der Waals surface area contributed by atoms with Crippen molar-refractivity contribution in [2.24, 2.45) is 0 Å². The largest absolute Gasteiger partial charge is 0.483 e. The molecule has 116 valence electrons. The van der Waals surface area contributed by atoms with E-state index >= 15 is 0 Å². The molecule has 6 heteroatoms. The van der Waals surface area contributed by atoms with Crippen LogP contribution in [0.4, 0.5) is 0 Å². The average molecular weight is 377 g/mol. The number of carbonyl (C=O) groups excluding carboxylic acids is 1. The van der Waals surface area contributed by atoms with Gasteiger partial charge in [0.2, 0.25) is 0 Å². The van der Waals surface area contributed by atoms with Gasteiger partial charge < -0.3 is 15.2 Å². The summed E-state index contributed by atoms with van der Waals surface area (Å²) in [6, 6.07) is 4.95. The van der Waals surface area contributed by atoms with Crippen LogP contribution in [0.25, 0.3) is 0 Å². The Kier molecular flexibility index (Phi) is 6.33. The van der Waals surface area contributed by atoms with Crippen molar-refractivity contribution in [3.05, 3.63) is 27.7 Å². The number of rotatable bonds is 4. The van der Waals surface area contributed by atoms with E-state index in [0.29, 0.717) is 15.2 Å². The molecule has 2 rings (SSSR count). The summed E-state index contributed by atoms with van der Waals surface area (Å²) in [6.07, 6.45) is 4.26. The van der Waals surface area contributed by atoms with Crippen LogP contribution in [0.15, 0.2) is 22.7 Å². The van der Waals surface area contributed by atoms with Gasteiger partial charge in [-0.2, -0.15) is 0 Å². The van der Waals surface area contributed by atoms with E-state index in [1.165, 1.54) is 0 Å². The molecule has 0 saturated heterocycles. The first-order valence-corrected chi connectivity index (χ1v) is 8.28. The van der Waals surface area contributed by atoms with Crippen molar-refractivity contribution in [3.8, 4) is 5.75 Å². The summed E-state index contributed by atoms with van der Waals surface area (Å²) in [7, 11) is 0. The van der Waals surface area contributed by atoms with Gasteiger partial charge in [-0.05, 0) is 47.0 Å². The maximum absolute atomic E-state index is 11.9. The van der Waals surface area contributed by atoms with Gasteiger partial charge in [-0.15, -0.1) is 0 Å². The molecule has 1 aromatic carbocycles. The molecule has 1 aliphatic rings. The smallest absolute Gasteiger partial charge is 0.258 e. The topological polar surface area (TPSA) is 58.6 Å². The Morgan fingerprint density at radius 3 is 2.90 bits per heavy atom. The van der Waals surface area contributed by atoms with E-state index in [1.54, 1.807) is 18.2 Å². The van der Waals surface area contributed by atoms with Gasteiger partial charge in [0.15, 0.2) is 6.61 Å². The van der Waals surface area contributed by atoms with Crippen molar-refractivity contribution >= 4 is 33.4 Å². The lowest BCUT2D eigenvalue weighted by Gasteiger charge is -2.21. The summed E-state index contributed by atoms with van der Waals surface area (Å²) in [6.45, 7) is -0.0799. The number of ether oxygens (including phenoxy) is 1. The molecule has 2 N–H and O–H groups in total. The highest BCUT2D eigenvalue weighted by Gasteiger charge is 2.23. The molecule has 21 heavy (non-hydrogen) atoms. The first kappa shape index (κ1) is 16.6. The zero-order chi connectivity index (χ0) is 15.2. The van der Waals surface area contributed by atoms with Gasteiger partial charge in [-0.3, -0.25) is 4.79 Å².